The molecule has 0 aromatic heterocycles. The van der Waals surface area contributed by atoms with E-state index >= 15 is 0 Å². The van der Waals surface area contributed by atoms with Gasteiger partial charge in [0.15, 0.2) is 0 Å². The molecule has 43 heavy (non-hydrogen) atoms. The highest BCUT2D eigenvalue weighted by Gasteiger charge is 2.34. The second-order valence-corrected chi connectivity index (χ2v) is 11.5. The predicted molar refractivity (Wildman–Crippen MR) is 157 cm³/mol. The molecule has 0 saturated carbocycles. The van der Waals surface area contributed by atoms with Crippen LogP contribution in [0.3, 0.4) is 0 Å². The van der Waals surface area contributed by atoms with Crippen LogP contribution >= 0.6 is 0 Å². The number of ether oxygens (including phenoxy) is 3. The van der Waals surface area contributed by atoms with Crippen molar-refractivity contribution in [1.29, 1.82) is 0 Å². The van der Waals surface area contributed by atoms with Gasteiger partial charge in [-0.25, -0.2) is 8.78 Å². The number of halogens is 2. The maximum atomic E-state index is 14.1. The number of nitrogens with one attached hydrogen (secondary N) is 2. The molecule has 0 bridgehead atoms. The summed E-state index contributed by atoms with van der Waals surface area (Å²) in [6.07, 6.45) is 1.74. The van der Waals surface area contributed by atoms with Crippen molar-refractivity contribution in [3.8, 4) is 0 Å². The fraction of sp³-hybridized carbons (Fsp3) is 0.562. The number of piperidine rings is 1. The number of aliphatic hydroxyl groups excluding tert-OH is 1. The second-order valence-electron chi connectivity index (χ2n) is 11.5. The molecule has 236 valence electrons. The first-order valence-electron chi connectivity index (χ1n) is 14.9. The summed E-state index contributed by atoms with van der Waals surface area (Å²) in [6.45, 7) is 4.34. The fourth-order valence-corrected chi connectivity index (χ4v) is 6.07. The molecule has 11 heteroatoms. The lowest BCUT2D eigenvalue weighted by molar-refractivity contribution is -0.0239. The Balaban J connectivity index is 1.55. The van der Waals surface area contributed by atoms with Crippen LogP contribution in [0.25, 0.3) is 0 Å². The Morgan fingerprint density at radius 1 is 1.05 bits per heavy atom. The molecule has 2 aromatic rings. The van der Waals surface area contributed by atoms with Crippen LogP contribution in [0.2, 0.25) is 0 Å². The van der Waals surface area contributed by atoms with Crippen molar-refractivity contribution in [2.75, 3.05) is 47.1 Å². The van der Waals surface area contributed by atoms with E-state index in [9.17, 15) is 23.5 Å². The Kier molecular flexibility index (Phi) is 12.0. The summed E-state index contributed by atoms with van der Waals surface area (Å²) in [6, 6.07) is 6.78. The zero-order valence-electron chi connectivity index (χ0n) is 25.1. The van der Waals surface area contributed by atoms with Gasteiger partial charge in [0, 0.05) is 44.0 Å². The summed E-state index contributed by atoms with van der Waals surface area (Å²) in [7, 11) is 3.20. The molecule has 2 heterocycles. The molecule has 2 amide bonds. The molecule has 0 unspecified atom stereocenters. The molecule has 2 fully saturated rings. The summed E-state index contributed by atoms with van der Waals surface area (Å²) < 4.78 is 44.4. The fourth-order valence-electron chi connectivity index (χ4n) is 6.07. The third-order valence-electron chi connectivity index (χ3n) is 8.13. The van der Waals surface area contributed by atoms with Gasteiger partial charge < -0.3 is 34.9 Å². The van der Waals surface area contributed by atoms with E-state index in [1.54, 1.807) is 37.3 Å². The lowest BCUT2D eigenvalue weighted by Crippen LogP contribution is -2.57. The van der Waals surface area contributed by atoms with E-state index in [4.69, 9.17) is 14.2 Å². The highest BCUT2D eigenvalue weighted by atomic mass is 19.1. The van der Waals surface area contributed by atoms with E-state index in [-0.39, 0.29) is 30.0 Å². The van der Waals surface area contributed by atoms with Crippen molar-refractivity contribution in [2.45, 2.75) is 69.4 Å². The highest BCUT2D eigenvalue weighted by molar-refractivity contribution is 6.00. The molecule has 2 aliphatic rings. The largest absolute Gasteiger partial charge is 0.389 e. The van der Waals surface area contributed by atoms with Crippen molar-refractivity contribution in [3.63, 3.8) is 0 Å². The zero-order chi connectivity index (χ0) is 30.9. The van der Waals surface area contributed by atoms with E-state index in [0.717, 1.165) is 30.9 Å². The third-order valence-corrected chi connectivity index (χ3v) is 8.13. The van der Waals surface area contributed by atoms with Crippen LogP contribution in [0.5, 0.6) is 0 Å². The molecule has 0 spiro atoms. The molecule has 3 N–H and O–H groups in total. The first-order valence-corrected chi connectivity index (χ1v) is 14.9. The van der Waals surface area contributed by atoms with E-state index in [0.29, 0.717) is 50.5 Å². The van der Waals surface area contributed by atoms with Gasteiger partial charge in [0.25, 0.3) is 11.8 Å². The number of hydrogen-bond acceptors (Lipinski definition) is 7. The van der Waals surface area contributed by atoms with Gasteiger partial charge in [-0.2, -0.15) is 0 Å². The molecule has 2 aromatic carbocycles. The van der Waals surface area contributed by atoms with Crippen LogP contribution in [0, 0.1) is 18.6 Å². The number of hydrogen-bond donors (Lipinski definition) is 3. The number of aryl methyl sites for hydroxylation is 1. The number of benzene rings is 2. The molecule has 4 rings (SSSR count). The van der Waals surface area contributed by atoms with Crippen molar-refractivity contribution < 1.29 is 37.7 Å². The smallest absolute Gasteiger partial charge is 0.254 e. The summed E-state index contributed by atoms with van der Waals surface area (Å²) in [4.78, 5) is 28.9. The standard InChI is InChI=1S/C32H43F2N3O6/c1-20-11-22(16-23(12-20)32(40)37-8-4-5-26(37)19-42-3)31(39)36-29(15-21-13-24(33)17-25(34)14-21)30(38)28-18-27(6-7-35-28)43-10-9-41-2/h11-14,16-17,26-30,35,38H,4-10,15,18-19H2,1-3H3,(H,36,39)/t26-,27+,28-,29+,30-/m1/s1. The van der Waals surface area contributed by atoms with Gasteiger partial charge in [-0.3, -0.25) is 9.59 Å². The number of methoxy groups -OCH3 is 2. The maximum Gasteiger partial charge on any atom is 0.254 e. The second kappa shape index (κ2) is 15.7. The van der Waals surface area contributed by atoms with Crippen LogP contribution in [-0.2, 0) is 20.6 Å². The van der Waals surface area contributed by atoms with Crippen LogP contribution in [-0.4, -0.2) is 99.3 Å². The molecule has 0 aliphatic carbocycles. The predicted octanol–water partition coefficient (Wildman–Crippen LogP) is 3.01. The Morgan fingerprint density at radius 3 is 2.51 bits per heavy atom. The number of likely N-dealkylation sites (tertiary alicyclic amines) is 1. The quantitative estimate of drug-likeness (QED) is 0.302. The lowest BCUT2D eigenvalue weighted by atomic mass is 9.90. The van der Waals surface area contributed by atoms with Crippen LogP contribution in [0.15, 0.2) is 36.4 Å². The third kappa shape index (κ3) is 9.02. The van der Waals surface area contributed by atoms with Crippen molar-refractivity contribution in [2.24, 2.45) is 0 Å². The SMILES string of the molecule is COCCO[C@H]1CCN[C@@H]([C@@H](O)[C@H](Cc2cc(F)cc(F)c2)NC(=O)c2cc(C)cc(C(=O)N3CCC[C@@H]3COC)c2)C1. The molecular formula is C32H43F2N3O6. The van der Waals surface area contributed by atoms with Crippen molar-refractivity contribution >= 4 is 11.8 Å². The average molecular weight is 604 g/mol. The lowest BCUT2D eigenvalue weighted by Gasteiger charge is -2.37. The molecule has 2 saturated heterocycles. The van der Waals surface area contributed by atoms with Gasteiger partial charge in [0.2, 0.25) is 0 Å². The summed E-state index contributed by atoms with van der Waals surface area (Å²) in [5.41, 5.74) is 1.67. The molecule has 9 nitrogen and oxygen atoms in total. The molecule has 2 aliphatic heterocycles. The Morgan fingerprint density at radius 2 is 1.79 bits per heavy atom. The number of carbonyl (C=O) groups is 2. The highest BCUT2D eigenvalue weighted by Crippen LogP contribution is 2.23. The topological polar surface area (TPSA) is 109 Å². The first-order chi connectivity index (χ1) is 20.7. The first kappa shape index (κ1) is 32.9. The maximum absolute atomic E-state index is 14.1. The average Bonchev–Trinajstić information content (AvgIpc) is 3.44. The van der Waals surface area contributed by atoms with Gasteiger partial charge in [-0.15, -0.1) is 0 Å². The number of carbonyl (C=O) groups excluding carboxylic acids is 2. The number of amides is 2. The van der Waals surface area contributed by atoms with Gasteiger partial charge in [0.05, 0.1) is 44.1 Å². The molecular weight excluding hydrogens is 560 g/mol. The Labute approximate surface area is 251 Å². The molecule has 5 atom stereocenters. The Hall–Kier alpha value is -2.96. The van der Waals surface area contributed by atoms with Crippen LogP contribution in [0.4, 0.5) is 8.78 Å². The number of aliphatic hydroxyl groups is 1. The molecule has 0 radical (unpaired) electrons. The van der Waals surface area contributed by atoms with E-state index in [1.807, 2.05) is 6.92 Å². The zero-order valence-corrected chi connectivity index (χ0v) is 25.1. The summed E-state index contributed by atoms with van der Waals surface area (Å²) in [5.74, 6) is -2.16. The van der Waals surface area contributed by atoms with Gasteiger partial charge in [0.1, 0.15) is 11.6 Å². The summed E-state index contributed by atoms with van der Waals surface area (Å²) in [5, 5.41) is 17.7. The number of nitrogens with zero attached hydrogens (tertiary/aromatic N) is 1. The van der Waals surface area contributed by atoms with Gasteiger partial charge in [-0.05, 0) is 87.0 Å². The van der Waals surface area contributed by atoms with E-state index in [2.05, 4.69) is 10.6 Å². The minimum Gasteiger partial charge on any atom is -0.389 e. The minimum absolute atomic E-state index is 0.0148. The van der Waals surface area contributed by atoms with Crippen molar-refractivity contribution in [1.82, 2.24) is 15.5 Å². The van der Waals surface area contributed by atoms with E-state index in [1.165, 1.54) is 12.1 Å². The minimum atomic E-state index is -1.10. The van der Waals surface area contributed by atoms with Crippen molar-refractivity contribution in [3.05, 3.63) is 70.3 Å². The van der Waals surface area contributed by atoms with E-state index < -0.39 is 35.7 Å². The normalized spacial score (nSPS) is 21.9. The van der Waals surface area contributed by atoms with Gasteiger partial charge in [-0.1, -0.05) is 0 Å². The van der Waals surface area contributed by atoms with Gasteiger partial charge >= 0.3 is 0 Å². The van der Waals surface area contributed by atoms with Crippen LogP contribution < -0.4 is 10.6 Å². The Bertz CT molecular complexity index is 1230. The number of rotatable bonds is 13. The monoisotopic (exact) mass is 603 g/mol. The summed E-state index contributed by atoms with van der Waals surface area (Å²) >= 11 is 0. The van der Waals surface area contributed by atoms with Crippen LogP contribution in [0.1, 0.15) is 57.5 Å².